The number of carbonyl (C=O) groups excluding carboxylic acids is 1. The van der Waals surface area contributed by atoms with Crippen molar-refractivity contribution in [3.63, 3.8) is 0 Å². The standard InChI is InChI=1S/C21H24F2N6O6/c1-24-19-25-9-11-10-28(17-15(22)13(33-2)8-14(34-3)16(17)23)20(30)29(18(11)26-19)12-4-6-27(7-5-12)35-21(31)32/h8-9,12H,4-7,10H2,1-3H3,(H,31,32)(H,24,25,26). The Morgan fingerprint density at radius 1 is 1.17 bits per heavy atom. The van der Waals surface area contributed by atoms with Gasteiger partial charge in [-0.05, 0) is 12.8 Å². The molecule has 0 unspecified atom stereocenters. The Bertz CT molecular complexity index is 1120. The van der Waals surface area contributed by atoms with Gasteiger partial charge in [0.15, 0.2) is 23.1 Å². The number of nitrogens with zero attached hydrogens (tertiary/aromatic N) is 5. The lowest BCUT2D eigenvalue weighted by Crippen LogP contribution is -2.55. The summed E-state index contributed by atoms with van der Waals surface area (Å²) in [7, 11) is 4.07. The molecule has 1 fully saturated rings. The molecule has 0 aliphatic carbocycles. The highest BCUT2D eigenvalue weighted by molar-refractivity contribution is 6.06. The summed E-state index contributed by atoms with van der Waals surface area (Å²) in [4.78, 5) is 40.3. The number of fused-ring (bicyclic) bond motifs is 1. The van der Waals surface area contributed by atoms with Gasteiger partial charge in [0.1, 0.15) is 11.5 Å². The molecule has 2 aromatic rings. The summed E-state index contributed by atoms with van der Waals surface area (Å²) < 4.78 is 40.6. The molecular formula is C21H24F2N6O6. The van der Waals surface area contributed by atoms with E-state index in [4.69, 9.17) is 19.4 Å². The number of methoxy groups -OCH3 is 2. The molecule has 1 saturated heterocycles. The zero-order valence-corrected chi connectivity index (χ0v) is 19.2. The van der Waals surface area contributed by atoms with Gasteiger partial charge in [-0.2, -0.15) is 4.98 Å². The number of urea groups is 1. The van der Waals surface area contributed by atoms with Crippen molar-refractivity contribution in [2.24, 2.45) is 0 Å². The van der Waals surface area contributed by atoms with Gasteiger partial charge in [-0.25, -0.2) is 23.4 Å². The highest BCUT2D eigenvalue weighted by Crippen LogP contribution is 2.41. The summed E-state index contributed by atoms with van der Waals surface area (Å²) in [5.41, 5.74) is -0.153. The van der Waals surface area contributed by atoms with Gasteiger partial charge in [-0.1, -0.05) is 0 Å². The van der Waals surface area contributed by atoms with E-state index < -0.39 is 35.6 Å². The molecule has 35 heavy (non-hydrogen) atoms. The minimum absolute atomic E-state index is 0.195. The first-order valence-electron chi connectivity index (χ1n) is 10.7. The van der Waals surface area contributed by atoms with Crippen LogP contribution in [0.3, 0.4) is 0 Å². The predicted octanol–water partition coefficient (Wildman–Crippen LogP) is 2.83. The number of rotatable bonds is 6. The van der Waals surface area contributed by atoms with E-state index in [2.05, 4.69) is 15.3 Å². The number of hydrogen-bond acceptors (Lipinski definition) is 9. The second-order valence-corrected chi connectivity index (χ2v) is 7.81. The number of aromatic nitrogens is 2. The molecule has 4 rings (SSSR count). The number of anilines is 3. The molecule has 188 valence electrons. The maximum Gasteiger partial charge on any atom is 0.525 e. The summed E-state index contributed by atoms with van der Waals surface area (Å²) in [6.07, 6.45) is 0.712. The Balaban J connectivity index is 1.77. The Morgan fingerprint density at radius 2 is 1.80 bits per heavy atom. The van der Waals surface area contributed by atoms with Crippen LogP contribution in [0.5, 0.6) is 11.5 Å². The average molecular weight is 494 g/mol. The van der Waals surface area contributed by atoms with Crippen LogP contribution in [-0.2, 0) is 11.4 Å². The Hall–Kier alpha value is -3.94. The van der Waals surface area contributed by atoms with Crippen molar-refractivity contribution in [2.45, 2.75) is 25.4 Å². The van der Waals surface area contributed by atoms with Crippen molar-refractivity contribution in [1.29, 1.82) is 0 Å². The normalized spacial score (nSPS) is 16.7. The summed E-state index contributed by atoms with van der Waals surface area (Å²) in [5, 5.41) is 12.9. The number of hydroxylamine groups is 2. The number of carboxylic acid groups (broad SMARTS) is 1. The van der Waals surface area contributed by atoms with Gasteiger partial charge in [-0.3, -0.25) is 9.80 Å². The number of halogens is 2. The van der Waals surface area contributed by atoms with Crippen LogP contribution in [0.25, 0.3) is 0 Å². The lowest BCUT2D eigenvalue weighted by atomic mass is 10.0. The third-order valence-corrected chi connectivity index (χ3v) is 5.88. The molecule has 3 heterocycles. The SMILES string of the molecule is CNc1ncc2c(n1)N(C1CCN(OC(=O)O)CC1)C(=O)N(c1c(F)c(OC)cc(OC)c1F)C2. The molecule has 0 saturated carbocycles. The topological polar surface area (TPSA) is 130 Å². The van der Waals surface area contributed by atoms with E-state index in [1.807, 2.05) is 0 Å². The third-order valence-electron chi connectivity index (χ3n) is 5.88. The first kappa shape index (κ1) is 24.2. The maximum absolute atomic E-state index is 15.3. The van der Waals surface area contributed by atoms with Crippen molar-refractivity contribution in [3.05, 3.63) is 29.5 Å². The van der Waals surface area contributed by atoms with Gasteiger partial charge in [-0.15, -0.1) is 5.06 Å². The number of nitrogens with one attached hydrogen (secondary N) is 1. The molecule has 2 aliphatic heterocycles. The summed E-state index contributed by atoms with van der Waals surface area (Å²) in [6, 6.07) is -0.0886. The molecule has 2 amide bonds. The van der Waals surface area contributed by atoms with Gasteiger partial charge in [0.2, 0.25) is 5.95 Å². The maximum atomic E-state index is 15.3. The quantitative estimate of drug-likeness (QED) is 0.618. The largest absolute Gasteiger partial charge is 0.525 e. The average Bonchev–Trinajstić information content (AvgIpc) is 2.84. The van der Waals surface area contributed by atoms with Gasteiger partial charge in [0.25, 0.3) is 0 Å². The fourth-order valence-electron chi connectivity index (χ4n) is 4.21. The van der Waals surface area contributed by atoms with Crippen LogP contribution in [0.2, 0.25) is 0 Å². The number of carbonyl (C=O) groups is 2. The fourth-order valence-corrected chi connectivity index (χ4v) is 4.21. The lowest BCUT2D eigenvalue weighted by Gasteiger charge is -2.42. The second kappa shape index (κ2) is 9.74. The highest BCUT2D eigenvalue weighted by Gasteiger charge is 2.41. The smallest absolute Gasteiger partial charge is 0.493 e. The predicted molar refractivity (Wildman–Crippen MR) is 119 cm³/mol. The van der Waals surface area contributed by atoms with Crippen molar-refractivity contribution in [2.75, 3.05) is 49.5 Å². The minimum atomic E-state index is -1.43. The van der Waals surface area contributed by atoms with Crippen molar-refractivity contribution in [1.82, 2.24) is 15.0 Å². The van der Waals surface area contributed by atoms with Crippen LogP contribution in [0.15, 0.2) is 12.3 Å². The third kappa shape index (κ3) is 4.43. The van der Waals surface area contributed by atoms with Crippen molar-refractivity contribution in [3.8, 4) is 11.5 Å². The number of ether oxygens (including phenoxy) is 2. The van der Waals surface area contributed by atoms with Crippen molar-refractivity contribution >= 4 is 29.6 Å². The van der Waals surface area contributed by atoms with E-state index in [-0.39, 0.29) is 37.1 Å². The molecule has 12 nitrogen and oxygen atoms in total. The highest BCUT2D eigenvalue weighted by atomic mass is 19.1. The van der Waals surface area contributed by atoms with E-state index in [1.165, 1.54) is 30.4 Å². The zero-order valence-electron chi connectivity index (χ0n) is 19.2. The Kier molecular flexibility index (Phi) is 6.73. The molecule has 0 radical (unpaired) electrons. The number of hydrogen-bond donors (Lipinski definition) is 2. The van der Waals surface area contributed by atoms with Gasteiger partial charge in [0.05, 0.1) is 20.8 Å². The van der Waals surface area contributed by atoms with E-state index in [1.54, 1.807) is 7.05 Å². The molecular weight excluding hydrogens is 470 g/mol. The second-order valence-electron chi connectivity index (χ2n) is 7.81. The molecule has 2 aliphatic rings. The van der Waals surface area contributed by atoms with Crippen LogP contribution in [0.4, 0.5) is 35.8 Å². The van der Waals surface area contributed by atoms with Gasteiger partial charge in [0, 0.05) is 44.0 Å². The molecule has 14 heteroatoms. The van der Waals surface area contributed by atoms with Gasteiger partial charge >= 0.3 is 12.2 Å². The molecule has 0 spiro atoms. The van der Waals surface area contributed by atoms with E-state index in [0.717, 1.165) is 11.0 Å². The van der Waals surface area contributed by atoms with Crippen LogP contribution >= 0.6 is 0 Å². The first-order chi connectivity index (χ1) is 16.8. The Labute approximate surface area is 199 Å². The van der Waals surface area contributed by atoms with E-state index in [9.17, 15) is 9.59 Å². The van der Waals surface area contributed by atoms with E-state index >= 15 is 8.78 Å². The summed E-state index contributed by atoms with van der Waals surface area (Å²) >= 11 is 0. The minimum Gasteiger partial charge on any atom is -0.493 e. The monoisotopic (exact) mass is 494 g/mol. The van der Waals surface area contributed by atoms with Crippen molar-refractivity contribution < 1.29 is 37.8 Å². The number of piperidine rings is 1. The van der Waals surface area contributed by atoms with Crippen LogP contribution in [-0.4, -0.2) is 72.7 Å². The van der Waals surface area contributed by atoms with E-state index in [0.29, 0.717) is 24.2 Å². The lowest BCUT2D eigenvalue weighted by molar-refractivity contribution is -0.131. The van der Waals surface area contributed by atoms with Gasteiger partial charge < -0.3 is 24.7 Å². The Morgan fingerprint density at radius 3 is 2.34 bits per heavy atom. The van der Waals surface area contributed by atoms with Crippen LogP contribution in [0, 0.1) is 11.6 Å². The van der Waals surface area contributed by atoms with Crippen LogP contribution in [0.1, 0.15) is 18.4 Å². The summed E-state index contributed by atoms with van der Waals surface area (Å²) in [6.45, 7) is 0.241. The molecule has 1 aromatic carbocycles. The molecule has 2 N–H and O–H groups in total. The fraction of sp³-hybridized carbons (Fsp3) is 0.429. The molecule has 0 atom stereocenters. The number of amides is 2. The molecule has 1 aromatic heterocycles. The summed E-state index contributed by atoms with van der Waals surface area (Å²) in [5.74, 6) is -2.12. The zero-order chi connectivity index (χ0) is 25.3. The molecule has 0 bridgehead atoms. The number of benzene rings is 1. The van der Waals surface area contributed by atoms with Crippen LogP contribution < -0.4 is 24.6 Å². The first-order valence-corrected chi connectivity index (χ1v) is 10.7.